The van der Waals surface area contributed by atoms with E-state index in [0.717, 1.165) is 69.6 Å². The van der Waals surface area contributed by atoms with E-state index in [1.807, 2.05) is 0 Å². The highest BCUT2D eigenvalue weighted by molar-refractivity contribution is 5.71. The molecular weight excluding hydrogens is 685 g/mol. The first-order valence-corrected chi connectivity index (χ1v) is 24.2. The van der Waals surface area contributed by atoms with Gasteiger partial charge < -0.3 is 14.2 Å². The van der Waals surface area contributed by atoms with E-state index in [9.17, 15) is 14.4 Å². The fourth-order valence-corrected chi connectivity index (χ4v) is 7.28. The van der Waals surface area contributed by atoms with Crippen LogP contribution in [0.1, 0.15) is 266 Å². The smallest absolute Gasteiger partial charge is 0.306 e. The lowest BCUT2D eigenvalue weighted by molar-refractivity contribution is -0.167. The Labute approximate surface area is 342 Å². The van der Waals surface area contributed by atoms with Crippen LogP contribution in [0.2, 0.25) is 0 Å². The molecular formula is C49H94O6. The van der Waals surface area contributed by atoms with E-state index in [-0.39, 0.29) is 31.1 Å². The molecule has 1 atom stereocenters. The number of ether oxygens (including phenoxy) is 3. The summed E-state index contributed by atoms with van der Waals surface area (Å²) >= 11 is 0. The third-order valence-electron chi connectivity index (χ3n) is 11.0. The molecule has 6 heteroatoms. The second kappa shape index (κ2) is 42.0. The monoisotopic (exact) mass is 779 g/mol. The largest absolute Gasteiger partial charge is 0.462 e. The molecule has 0 aromatic rings. The molecule has 0 fully saturated rings. The maximum atomic E-state index is 12.7. The van der Waals surface area contributed by atoms with Gasteiger partial charge in [-0.2, -0.15) is 0 Å². The minimum Gasteiger partial charge on any atom is -0.462 e. The molecule has 0 heterocycles. The molecule has 0 amide bonds. The van der Waals surface area contributed by atoms with E-state index < -0.39 is 6.10 Å². The van der Waals surface area contributed by atoms with Crippen molar-refractivity contribution in [2.75, 3.05) is 13.2 Å². The van der Waals surface area contributed by atoms with Crippen LogP contribution in [-0.4, -0.2) is 37.2 Å². The average Bonchev–Trinajstić information content (AvgIpc) is 3.15. The molecule has 0 unspecified atom stereocenters. The van der Waals surface area contributed by atoms with Gasteiger partial charge in [0.25, 0.3) is 0 Å². The quantitative estimate of drug-likeness (QED) is 0.0348. The Morgan fingerprint density at radius 2 is 0.600 bits per heavy atom. The van der Waals surface area contributed by atoms with Crippen LogP contribution < -0.4 is 0 Å². The number of unbranched alkanes of at least 4 members (excludes halogenated alkanes) is 28. The first kappa shape index (κ1) is 53.4. The normalized spacial score (nSPS) is 12.1. The van der Waals surface area contributed by atoms with Gasteiger partial charge in [0.1, 0.15) is 13.2 Å². The number of carbonyl (C=O) groups is 3. The third kappa shape index (κ3) is 43.4. The van der Waals surface area contributed by atoms with Crippen molar-refractivity contribution in [3.63, 3.8) is 0 Å². The molecule has 0 saturated heterocycles. The van der Waals surface area contributed by atoms with Gasteiger partial charge in [0.2, 0.25) is 0 Å². The molecule has 326 valence electrons. The second-order valence-corrected chi connectivity index (χ2v) is 17.7. The predicted octanol–water partition coefficient (Wildman–Crippen LogP) is 15.4. The lowest BCUT2D eigenvalue weighted by atomic mass is 10.0. The molecule has 0 aliphatic heterocycles. The van der Waals surface area contributed by atoms with E-state index in [2.05, 4.69) is 34.6 Å². The van der Waals surface area contributed by atoms with Gasteiger partial charge in [-0.15, -0.1) is 0 Å². The van der Waals surface area contributed by atoms with Gasteiger partial charge in [0.15, 0.2) is 6.10 Å². The van der Waals surface area contributed by atoms with Crippen molar-refractivity contribution in [2.24, 2.45) is 11.8 Å². The molecule has 0 N–H and O–H groups in total. The molecule has 0 rings (SSSR count). The maximum Gasteiger partial charge on any atom is 0.306 e. The SMILES string of the molecule is CCCCCCCCCCCCCCCCC(=O)O[C@@H](COC(=O)CCCCCCCCCCCCCC(C)C)COC(=O)CCCCCCCCC(C)C. The Morgan fingerprint density at radius 3 is 0.891 bits per heavy atom. The van der Waals surface area contributed by atoms with Crippen LogP contribution in [0, 0.1) is 11.8 Å². The zero-order valence-corrected chi connectivity index (χ0v) is 37.6. The molecule has 0 spiro atoms. The van der Waals surface area contributed by atoms with Gasteiger partial charge in [-0.05, 0) is 31.1 Å². The number of rotatable bonds is 43. The van der Waals surface area contributed by atoms with Crippen LogP contribution in [0.15, 0.2) is 0 Å². The number of hydrogen-bond donors (Lipinski definition) is 0. The van der Waals surface area contributed by atoms with E-state index in [4.69, 9.17) is 14.2 Å². The summed E-state index contributed by atoms with van der Waals surface area (Å²) in [7, 11) is 0. The van der Waals surface area contributed by atoms with Crippen molar-refractivity contribution in [2.45, 2.75) is 272 Å². The Hall–Kier alpha value is -1.59. The molecule has 0 aromatic carbocycles. The average molecular weight is 779 g/mol. The summed E-state index contributed by atoms with van der Waals surface area (Å²) in [5.41, 5.74) is 0. The van der Waals surface area contributed by atoms with Gasteiger partial charge in [0.05, 0.1) is 0 Å². The summed E-state index contributed by atoms with van der Waals surface area (Å²) in [6.07, 6.45) is 41.0. The Bertz CT molecular complexity index is 839. The first-order valence-electron chi connectivity index (χ1n) is 24.2. The molecule has 0 aliphatic rings. The summed E-state index contributed by atoms with van der Waals surface area (Å²) in [6, 6.07) is 0. The lowest BCUT2D eigenvalue weighted by Crippen LogP contribution is -2.30. The van der Waals surface area contributed by atoms with E-state index in [1.54, 1.807) is 0 Å². The number of esters is 3. The van der Waals surface area contributed by atoms with Gasteiger partial charge in [-0.25, -0.2) is 0 Å². The van der Waals surface area contributed by atoms with E-state index in [1.165, 1.54) is 154 Å². The summed E-state index contributed by atoms with van der Waals surface area (Å²) in [6.45, 7) is 11.3. The van der Waals surface area contributed by atoms with Gasteiger partial charge in [-0.3, -0.25) is 14.4 Å². The number of carbonyl (C=O) groups excluding carboxylic acids is 3. The van der Waals surface area contributed by atoms with Crippen LogP contribution >= 0.6 is 0 Å². The van der Waals surface area contributed by atoms with Crippen LogP contribution in [0.3, 0.4) is 0 Å². The standard InChI is InChI=1S/C49H94O6/c1-6-7-8-9-10-11-12-13-14-17-21-24-31-36-41-49(52)55-46(43-54-48(51)40-35-30-26-25-28-33-38-45(4)5)42-53-47(50)39-34-29-23-20-18-15-16-19-22-27-32-37-44(2)3/h44-46H,6-43H2,1-5H3/t46-/m0/s1. The first-order chi connectivity index (χ1) is 26.7. The van der Waals surface area contributed by atoms with Crippen molar-refractivity contribution in [1.82, 2.24) is 0 Å². The highest BCUT2D eigenvalue weighted by Gasteiger charge is 2.19. The summed E-state index contributed by atoms with van der Waals surface area (Å²) in [4.78, 5) is 37.8. The van der Waals surface area contributed by atoms with Crippen molar-refractivity contribution in [1.29, 1.82) is 0 Å². The molecule has 0 aromatic heterocycles. The highest BCUT2D eigenvalue weighted by Crippen LogP contribution is 2.17. The van der Waals surface area contributed by atoms with Gasteiger partial charge in [0, 0.05) is 19.3 Å². The summed E-state index contributed by atoms with van der Waals surface area (Å²) in [5.74, 6) is 0.733. The molecule has 6 nitrogen and oxygen atoms in total. The van der Waals surface area contributed by atoms with Crippen LogP contribution in [-0.2, 0) is 28.6 Å². The van der Waals surface area contributed by atoms with Crippen molar-refractivity contribution in [3.05, 3.63) is 0 Å². The Morgan fingerprint density at radius 1 is 0.345 bits per heavy atom. The summed E-state index contributed by atoms with van der Waals surface area (Å²) < 4.78 is 16.7. The van der Waals surface area contributed by atoms with Crippen LogP contribution in [0.4, 0.5) is 0 Å². The van der Waals surface area contributed by atoms with Crippen LogP contribution in [0.5, 0.6) is 0 Å². The number of hydrogen-bond acceptors (Lipinski definition) is 6. The minimum atomic E-state index is -0.761. The summed E-state index contributed by atoms with van der Waals surface area (Å²) in [5, 5.41) is 0. The molecule has 0 radical (unpaired) electrons. The second-order valence-electron chi connectivity index (χ2n) is 17.7. The molecule has 0 saturated carbocycles. The van der Waals surface area contributed by atoms with E-state index in [0.29, 0.717) is 19.3 Å². The van der Waals surface area contributed by atoms with Gasteiger partial charge in [-0.1, -0.05) is 227 Å². The van der Waals surface area contributed by atoms with Crippen LogP contribution in [0.25, 0.3) is 0 Å². The topological polar surface area (TPSA) is 78.9 Å². The highest BCUT2D eigenvalue weighted by atomic mass is 16.6. The van der Waals surface area contributed by atoms with E-state index >= 15 is 0 Å². The van der Waals surface area contributed by atoms with Crippen molar-refractivity contribution in [3.8, 4) is 0 Å². The Kier molecular flexibility index (Phi) is 40.8. The zero-order valence-electron chi connectivity index (χ0n) is 37.6. The third-order valence-corrected chi connectivity index (χ3v) is 11.0. The maximum absolute atomic E-state index is 12.7. The fraction of sp³-hybridized carbons (Fsp3) is 0.939. The lowest BCUT2D eigenvalue weighted by Gasteiger charge is -2.18. The van der Waals surface area contributed by atoms with Crippen molar-refractivity contribution >= 4 is 17.9 Å². The molecule has 0 bridgehead atoms. The zero-order chi connectivity index (χ0) is 40.5. The van der Waals surface area contributed by atoms with Gasteiger partial charge >= 0.3 is 17.9 Å². The predicted molar refractivity (Wildman–Crippen MR) is 233 cm³/mol. The molecule has 55 heavy (non-hydrogen) atoms. The fourth-order valence-electron chi connectivity index (χ4n) is 7.28. The minimum absolute atomic E-state index is 0.0650. The van der Waals surface area contributed by atoms with Crippen molar-refractivity contribution < 1.29 is 28.6 Å². The molecule has 0 aliphatic carbocycles. The Balaban J connectivity index is 4.30.